The minimum Gasteiger partial charge on any atom is -0.207 e. The molecule has 0 aliphatic carbocycles. The quantitative estimate of drug-likeness (QED) is 0.465. The van der Waals surface area contributed by atoms with E-state index in [1.807, 2.05) is 19.9 Å². The highest BCUT2D eigenvalue weighted by Crippen LogP contribution is 2.30. The molecule has 0 radical (unpaired) electrons. The van der Waals surface area contributed by atoms with Crippen LogP contribution in [0, 0.1) is 17.5 Å². The summed E-state index contributed by atoms with van der Waals surface area (Å²) in [6, 6.07) is 15.5. The fraction of sp³-hybridized carbons (Fsp3) is 0.217. The van der Waals surface area contributed by atoms with Gasteiger partial charge in [-0.05, 0) is 46.7 Å². The van der Waals surface area contributed by atoms with E-state index in [9.17, 15) is 13.2 Å². The zero-order valence-electron chi connectivity index (χ0n) is 15.0. The first kappa shape index (κ1) is 18.2. The third-order valence-corrected chi connectivity index (χ3v) is 4.64. The predicted octanol–water partition coefficient (Wildman–Crippen LogP) is 6.95. The van der Waals surface area contributed by atoms with Gasteiger partial charge < -0.3 is 0 Å². The van der Waals surface area contributed by atoms with Crippen molar-refractivity contribution in [2.45, 2.75) is 33.1 Å². The van der Waals surface area contributed by atoms with E-state index in [-0.39, 0.29) is 11.4 Å². The van der Waals surface area contributed by atoms with Crippen LogP contribution in [0.2, 0.25) is 0 Å². The lowest BCUT2D eigenvalue weighted by Crippen LogP contribution is -1.97. The first-order chi connectivity index (χ1) is 12.5. The molecule has 0 amide bonds. The third kappa shape index (κ3) is 3.52. The Balaban J connectivity index is 1.93. The van der Waals surface area contributed by atoms with Crippen molar-refractivity contribution in [2.75, 3.05) is 0 Å². The van der Waals surface area contributed by atoms with Crippen molar-refractivity contribution in [3.05, 3.63) is 83.2 Å². The number of benzene rings is 3. The minimum absolute atomic E-state index is 0.228. The van der Waals surface area contributed by atoms with Gasteiger partial charge in [0.25, 0.3) is 0 Å². The molecule has 0 unspecified atom stereocenters. The monoisotopic (exact) mass is 354 g/mol. The summed E-state index contributed by atoms with van der Waals surface area (Å²) >= 11 is 0. The lowest BCUT2D eigenvalue weighted by atomic mass is 9.97. The van der Waals surface area contributed by atoms with Gasteiger partial charge in [-0.15, -0.1) is 0 Å². The van der Waals surface area contributed by atoms with Gasteiger partial charge in [-0.2, -0.15) is 0 Å². The van der Waals surface area contributed by atoms with Crippen molar-refractivity contribution in [3.63, 3.8) is 0 Å². The van der Waals surface area contributed by atoms with E-state index in [0.29, 0.717) is 29.5 Å². The molecular formula is C23H21F3. The van der Waals surface area contributed by atoms with Gasteiger partial charge in [0.2, 0.25) is 0 Å². The van der Waals surface area contributed by atoms with Crippen LogP contribution in [0.3, 0.4) is 0 Å². The van der Waals surface area contributed by atoms with Crippen LogP contribution in [0.4, 0.5) is 13.2 Å². The standard InChI is InChI=1S/C23H21F3/c1-3-5-18-12-13-20(23(26)22(18)25)17-9-7-16(8-10-17)19-11-6-15(4-2)21(24)14-19/h6-14H,3-5H2,1-2H3. The largest absolute Gasteiger partial charge is 0.207 e. The average Bonchev–Trinajstić information content (AvgIpc) is 2.66. The molecule has 0 bridgehead atoms. The summed E-state index contributed by atoms with van der Waals surface area (Å²) < 4.78 is 42.6. The van der Waals surface area contributed by atoms with Gasteiger partial charge in [0, 0.05) is 5.56 Å². The topological polar surface area (TPSA) is 0 Å². The van der Waals surface area contributed by atoms with Gasteiger partial charge in [-0.3, -0.25) is 0 Å². The Hall–Kier alpha value is -2.55. The van der Waals surface area contributed by atoms with Crippen LogP contribution in [-0.4, -0.2) is 0 Å². The number of hydrogen-bond acceptors (Lipinski definition) is 0. The predicted molar refractivity (Wildman–Crippen MR) is 101 cm³/mol. The second kappa shape index (κ2) is 7.77. The first-order valence-electron chi connectivity index (χ1n) is 8.91. The number of halogens is 3. The molecule has 3 aromatic rings. The third-order valence-electron chi connectivity index (χ3n) is 4.64. The molecule has 0 heterocycles. The molecule has 0 aliphatic heterocycles. The zero-order valence-corrected chi connectivity index (χ0v) is 15.0. The van der Waals surface area contributed by atoms with Crippen LogP contribution >= 0.6 is 0 Å². The molecule has 3 heteroatoms. The Morgan fingerprint density at radius 2 is 1.27 bits per heavy atom. The van der Waals surface area contributed by atoms with Crippen molar-refractivity contribution in [1.29, 1.82) is 0 Å². The highest BCUT2D eigenvalue weighted by Gasteiger charge is 2.14. The number of hydrogen-bond donors (Lipinski definition) is 0. The molecule has 3 aromatic carbocycles. The summed E-state index contributed by atoms with van der Waals surface area (Å²) in [4.78, 5) is 0. The summed E-state index contributed by atoms with van der Waals surface area (Å²) in [5.74, 6) is -1.82. The fourth-order valence-corrected chi connectivity index (χ4v) is 3.13. The number of aryl methyl sites for hydroxylation is 2. The second-order valence-corrected chi connectivity index (χ2v) is 6.39. The van der Waals surface area contributed by atoms with Gasteiger partial charge >= 0.3 is 0 Å². The van der Waals surface area contributed by atoms with Gasteiger partial charge in [0.1, 0.15) is 5.82 Å². The van der Waals surface area contributed by atoms with Crippen molar-refractivity contribution in [1.82, 2.24) is 0 Å². The second-order valence-electron chi connectivity index (χ2n) is 6.39. The van der Waals surface area contributed by atoms with Gasteiger partial charge in [-0.1, -0.05) is 68.8 Å². The lowest BCUT2D eigenvalue weighted by molar-refractivity contribution is 0.500. The van der Waals surface area contributed by atoms with Crippen molar-refractivity contribution in [2.24, 2.45) is 0 Å². The molecule has 26 heavy (non-hydrogen) atoms. The Labute approximate surface area is 152 Å². The smallest absolute Gasteiger partial charge is 0.166 e. The SMILES string of the molecule is CCCc1ccc(-c2ccc(-c3ccc(CC)c(F)c3)cc2)c(F)c1F. The molecule has 0 nitrogen and oxygen atoms in total. The maximum Gasteiger partial charge on any atom is 0.166 e. The molecule has 0 fully saturated rings. The Morgan fingerprint density at radius 1 is 0.654 bits per heavy atom. The summed E-state index contributed by atoms with van der Waals surface area (Å²) in [7, 11) is 0. The van der Waals surface area contributed by atoms with E-state index in [0.717, 1.165) is 17.5 Å². The van der Waals surface area contributed by atoms with E-state index in [2.05, 4.69) is 0 Å². The molecule has 0 N–H and O–H groups in total. The maximum atomic E-state index is 14.4. The summed E-state index contributed by atoms with van der Waals surface area (Å²) in [5.41, 5.74) is 3.50. The first-order valence-corrected chi connectivity index (χ1v) is 8.91. The van der Waals surface area contributed by atoms with E-state index in [1.165, 1.54) is 6.07 Å². The van der Waals surface area contributed by atoms with Gasteiger partial charge in [0.05, 0.1) is 0 Å². The zero-order chi connectivity index (χ0) is 18.7. The van der Waals surface area contributed by atoms with E-state index >= 15 is 0 Å². The van der Waals surface area contributed by atoms with Crippen molar-refractivity contribution >= 4 is 0 Å². The summed E-state index contributed by atoms with van der Waals surface area (Å²) in [5, 5.41) is 0. The Morgan fingerprint density at radius 3 is 1.88 bits per heavy atom. The molecular weight excluding hydrogens is 333 g/mol. The average molecular weight is 354 g/mol. The summed E-state index contributed by atoms with van der Waals surface area (Å²) in [6.07, 6.45) is 1.92. The van der Waals surface area contributed by atoms with Gasteiger partial charge in [0.15, 0.2) is 11.6 Å². The molecule has 0 saturated heterocycles. The van der Waals surface area contributed by atoms with Crippen molar-refractivity contribution in [3.8, 4) is 22.3 Å². The molecule has 0 aromatic heterocycles. The normalized spacial score (nSPS) is 11.0. The van der Waals surface area contributed by atoms with Crippen LogP contribution in [0.1, 0.15) is 31.4 Å². The Bertz CT molecular complexity index is 911. The van der Waals surface area contributed by atoms with Crippen LogP contribution < -0.4 is 0 Å². The molecule has 0 spiro atoms. The molecule has 3 rings (SSSR count). The van der Waals surface area contributed by atoms with E-state index in [1.54, 1.807) is 42.5 Å². The van der Waals surface area contributed by atoms with Crippen molar-refractivity contribution < 1.29 is 13.2 Å². The van der Waals surface area contributed by atoms with Crippen LogP contribution in [-0.2, 0) is 12.8 Å². The molecule has 0 atom stereocenters. The molecule has 0 aliphatic rings. The minimum atomic E-state index is -0.818. The maximum absolute atomic E-state index is 14.4. The van der Waals surface area contributed by atoms with E-state index < -0.39 is 11.6 Å². The lowest BCUT2D eigenvalue weighted by Gasteiger charge is -2.10. The van der Waals surface area contributed by atoms with Crippen LogP contribution in [0.25, 0.3) is 22.3 Å². The van der Waals surface area contributed by atoms with Gasteiger partial charge in [-0.25, -0.2) is 13.2 Å². The highest BCUT2D eigenvalue weighted by molar-refractivity contribution is 5.71. The summed E-state index contributed by atoms with van der Waals surface area (Å²) in [6.45, 7) is 3.84. The molecule has 0 saturated carbocycles. The Kier molecular flexibility index (Phi) is 5.46. The fourth-order valence-electron chi connectivity index (χ4n) is 3.13. The molecule has 134 valence electrons. The highest BCUT2D eigenvalue weighted by atomic mass is 19.2. The van der Waals surface area contributed by atoms with Crippen LogP contribution in [0.15, 0.2) is 54.6 Å². The van der Waals surface area contributed by atoms with Crippen LogP contribution in [0.5, 0.6) is 0 Å². The van der Waals surface area contributed by atoms with E-state index in [4.69, 9.17) is 0 Å². The number of rotatable bonds is 5.